The standard InChI is InChI=1S/C15H14FNO2/c1-10-9-11(7-8-12(10)16)15(18)17-13-5-3-4-6-14(13)19-2/h3-9H,1-2H3,(H,17,18). The molecule has 4 heteroatoms. The van der Waals surface area contributed by atoms with Gasteiger partial charge in [-0.05, 0) is 42.8 Å². The molecule has 0 fully saturated rings. The van der Waals surface area contributed by atoms with Crippen molar-refractivity contribution in [1.82, 2.24) is 0 Å². The Balaban J connectivity index is 2.23. The van der Waals surface area contributed by atoms with Gasteiger partial charge in [-0.25, -0.2) is 4.39 Å². The maximum absolute atomic E-state index is 13.2. The quantitative estimate of drug-likeness (QED) is 0.917. The van der Waals surface area contributed by atoms with Crippen molar-refractivity contribution < 1.29 is 13.9 Å². The van der Waals surface area contributed by atoms with Gasteiger partial charge in [0.1, 0.15) is 11.6 Å². The molecule has 0 atom stereocenters. The minimum absolute atomic E-state index is 0.299. The monoisotopic (exact) mass is 259 g/mol. The topological polar surface area (TPSA) is 38.3 Å². The van der Waals surface area contributed by atoms with Gasteiger partial charge in [0.2, 0.25) is 0 Å². The van der Waals surface area contributed by atoms with Crippen LogP contribution in [0.2, 0.25) is 0 Å². The van der Waals surface area contributed by atoms with Crippen LogP contribution < -0.4 is 10.1 Å². The normalized spacial score (nSPS) is 10.1. The molecule has 0 aliphatic rings. The fourth-order valence-electron chi connectivity index (χ4n) is 1.73. The van der Waals surface area contributed by atoms with Crippen LogP contribution in [-0.2, 0) is 0 Å². The molecule has 0 heterocycles. The Hall–Kier alpha value is -2.36. The summed E-state index contributed by atoms with van der Waals surface area (Å²) in [5.74, 6) is -0.0453. The molecule has 98 valence electrons. The lowest BCUT2D eigenvalue weighted by atomic mass is 10.1. The molecular weight excluding hydrogens is 245 g/mol. The Morgan fingerprint density at radius 3 is 2.63 bits per heavy atom. The number of methoxy groups -OCH3 is 1. The maximum atomic E-state index is 13.2. The van der Waals surface area contributed by atoms with E-state index in [2.05, 4.69) is 5.32 Å². The molecule has 1 N–H and O–H groups in total. The van der Waals surface area contributed by atoms with Crippen LogP contribution in [0.1, 0.15) is 15.9 Å². The molecule has 0 aliphatic heterocycles. The molecule has 0 unspecified atom stereocenters. The predicted molar refractivity (Wildman–Crippen MR) is 72.1 cm³/mol. The number of aryl methyl sites for hydroxylation is 1. The molecule has 0 radical (unpaired) electrons. The third kappa shape index (κ3) is 2.91. The van der Waals surface area contributed by atoms with E-state index in [4.69, 9.17) is 4.74 Å². The number of ether oxygens (including phenoxy) is 1. The summed E-state index contributed by atoms with van der Waals surface area (Å²) in [5, 5.41) is 2.74. The van der Waals surface area contributed by atoms with Gasteiger partial charge < -0.3 is 10.1 Å². The van der Waals surface area contributed by atoms with Gasteiger partial charge in [-0.15, -0.1) is 0 Å². The average Bonchev–Trinajstić information content (AvgIpc) is 2.42. The van der Waals surface area contributed by atoms with Gasteiger partial charge in [0, 0.05) is 5.56 Å². The van der Waals surface area contributed by atoms with Crippen molar-refractivity contribution in [2.45, 2.75) is 6.92 Å². The number of carbonyl (C=O) groups is 1. The average molecular weight is 259 g/mol. The van der Waals surface area contributed by atoms with E-state index in [1.165, 1.54) is 25.3 Å². The number of halogens is 1. The molecule has 0 spiro atoms. The van der Waals surface area contributed by atoms with E-state index in [1.807, 2.05) is 6.07 Å². The van der Waals surface area contributed by atoms with Gasteiger partial charge in [-0.3, -0.25) is 4.79 Å². The molecule has 2 rings (SSSR count). The van der Waals surface area contributed by atoms with Crippen molar-refractivity contribution in [1.29, 1.82) is 0 Å². The van der Waals surface area contributed by atoms with Crippen molar-refractivity contribution in [3.05, 3.63) is 59.4 Å². The van der Waals surface area contributed by atoms with E-state index < -0.39 is 0 Å². The molecule has 2 aromatic rings. The fraction of sp³-hybridized carbons (Fsp3) is 0.133. The molecule has 0 saturated heterocycles. The molecular formula is C15H14FNO2. The largest absolute Gasteiger partial charge is 0.495 e. The van der Waals surface area contributed by atoms with Gasteiger partial charge in [0.05, 0.1) is 12.8 Å². The SMILES string of the molecule is COc1ccccc1NC(=O)c1ccc(F)c(C)c1. The van der Waals surface area contributed by atoms with E-state index in [0.29, 0.717) is 22.6 Å². The van der Waals surface area contributed by atoms with E-state index in [0.717, 1.165) is 0 Å². The first-order chi connectivity index (χ1) is 9.11. The van der Waals surface area contributed by atoms with Gasteiger partial charge in [0.15, 0.2) is 0 Å². The summed E-state index contributed by atoms with van der Waals surface area (Å²) < 4.78 is 18.3. The lowest BCUT2D eigenvalue weighted by Crippen LogP contribution is -2.13. The summed E-state index contributed by atoms with van der Waals surface area (Å²) >= 11 is 0. The van der Waals surface area contributed by atoms with Crippen LogP contribution in [0.5, 0.6) is 5.75 Å². The van der Waals surface area contributed by atoms with Crippen LogP contribution in [0, 0.1) is 12.7 Å². The van der Waals surface area contributed by atoms with Crippen LogP contribution in [0.25, 0.3) is 0 Å². The van der Waals surface area contributed by atoms with Crippen molar-refractivity contribution in [3.63, 3.8) is 0 Å². The Labute approximate surface area is 111 Å². The summed E-state index contributed by atoms with van der Waals surface area (Å²) in [5.41, 5.74) is 1.43. The van der Waals surface area contributed by atoms with E-state index in [1.54, 1.807) is 25.1 Å². The Bertz CT molecular complexity index is 611. The Morgan fingerprint density at radius 2 is 1.95 bits per heavy atom. The second kappa shape index (κ2) is 5.52. The molecule has 1 amide bonds. The molecule has 0 saturated carbocycles. The van der Waals surface area contributed by atoms with Crippen molar-refractivity contribution in [3.8, 4) is 5.75 Å². The number of anilines is 1. The molecule has 19 heavy (non-hydrogen) atoms. The number of hydrogen-bond acceptors (Lipinski definition) is 2. The highest BCUT2D eigenvalue weighted by Gasteiger charge is 2.10. The van der Waals surface area contributed by atoms with Gasteiger partial charge in [-0.1, -0.05) is 12.1 Å². The van der Waals surface area contributed by atoms with Gasteiger partial charge in [-0.2, -0.15) is 0 Å². The van der Waals surface area contributed by atoms with Crippen LogP contribution in [0.15, 0.2) is 42.5 Å². The summed E-state index contributed by atoms with van der Waals surface area (Å²) in [6, 6.07) is 11.4. The Kier molecular flexibility index (Phi) is 3.80. The molecule has 0 aromatic heterocycles. The second-order valence-electron chi connectivity index (χ2n) is 4.12. The lowest BCUT2D eigenvalue weighted by Gasteiger charge is -2.10. The third-order valence-electron chi connectivity index (χ3n) is 2.78. The van der Waals surface area contributed by atoms with E-state index in [9.17, 15) is 9.18 Å². The molecule has 0 bridgehead atoms. The molecule has 2 aromatic carbocycles. The van der Waals surface area contributed by atoms with Gasteiger partial charge >= 0.3 is 0 Å². The Morgan fingerprint density at radius 1 is 1.21 bits per heavy atom. The summed E-state index contributed by atoms with van der Waals surface area (Å²) in [4.78, 5) is 12.1. The predicted octanol–water partition coefficient (Wildman–Crippen LogP) is 3.40. The number of para-hydroxylation sites is 2. The van der Waals surface area contributed by atoms with Crippen molar-refractivity contribution >= 4 is 11.6 Å². The van der Waals surface area contributed by atoms with Crippen LogP contribution in [0.3, 0.4) is 0 Å². The first-order valence-electron chi connectivity index (χ1n) is 5.82. The second-order valence-corrected chi connectivity index (χ2v) is 4.12. The first-order valence-corrected chi connectivity index (χ1v) is 5.82. The smallest absolute Gasteiger partial charge is 0.255 e. The van der Waals surface area contributed by atoms with Crippen molar-refractivity contribution in [2.75, 3.05) is 12.4 Å². The summed E-state index contributed by atoms with van der Waals surface area (Å²) in [6.45, 7) is 1.62. The van der Waals surface area contributed by atoms with Gasteiger partial charge in [0.25, 0.3) is 5.91 Å². The summed E-state index contributed by atoms with van der Waals surface area (Å²) in [6.07, 6.45) is 0. The number of benzene rings is 2. The fourth-order valence-corrected chi connectivity index (χ4v) is 1.73. The van der Waals surface area contributed by atoms with Crippen LogP contribution in [-0.4, -0.2) is 13.0 Å². The third-order valence-corrected chi connectivity index (χ3v) is 2.78. The number of nitrogens with one attached hydrogen (secondary N) is 1. The minimum atomic E-state index is -0.325. The van der Waals surface area contributed by atoms with Crippen LogP contribution in [0.4, 0.5) is 10.1 Å². The first kappa shape index (κ1) is 13.1. The van der Waals surface area contributed by atoms with Crippen molar-refractivity contribution in [2.24, 2.45) is 0 Å². The zero-order valence-electron chi connectivity index (χ0n) is 10.7. The molecule has 3 nitrogen and oxygen atoms in total. The maximum Gasteiger partial charge on any atom is 0.255 e. The highest BCUT2D eigenvalue weighted by Crippen LogP contribution is 2.23. The number of rotatable bonds is 3. The lowest BCUT2D eigenvalue weighted by molar-refractivity contribution is 0.102. The number of carbonyl (C=O) groups excluding carboxylic acids is 1. The minimum Gasteiger partial charge on any atom is -0.495 e. The zero-order chi connectivity index (χ0) is 13.8. The summed E-state index contributed by atoms with van der Waals surface area (Å²) in [7, 11) is 1.53. The highest BCUT2D eigenvalue weighted by atomic mass is 19.1. The zero-order valence-corrected chi connectivity index (χ0v) is 10.7. The van der Waals surface area contributed by atoms with E-state index >= 15 is 0 Å². The number of amides is 1. The highest BCUT2D eigenvalue weighted by molar-refractivity contribution is 6.05. The van der Waals surface area contributed by atoms with Crippen LogP contribution >= 0.6 is 0 Å². The number of hydrogen-bond donors (Lipinski definition) is 1. The van der Waals surface area contributed by atoms with E-state index in [-0.39, 0.29) is 11.7 Å². The molecule has 0 aliphatic carbocycles.